The maximum atomic E-state index is 13.6. The van der Waals surface area contributed by atoms with Gasteiger partial charge in [0.05, 0.1) is 11.6 Å². The topological polar surface area (TPSA) is 32.8 Å². The smallest absolute Gasteiger partial charge is 0.416 e. The van der Waals surface area contributed by atoms with Gasteiger partial charge >= 0.3 is 12.2 Å². The number of nitrogens with zero attached hydrogens (tertiary/aromatic N) is 2. The van der Waals surface area contributed by atoms with Crippen molar-refractivity contribution in [1.82, 2.24) is 4.90 Å². The molecule has 4 aromatic carbocycles. The number of amides is 2. The van der Waals surface area contributed by atoms with Crippen LogP contribution >= 0.6 is 11.6 Å². The van der Waals surface area contributed by atoms with E-state index in [2.05, 4.69) is 0 Å². The second-order valence-corrected chi connectivity index (χ2v) is 9.14. The van der Waals surface area contributed by atoms with Crippen LogP contribution in [-0.4, -0.2) is 17.5 Å². The van der Waals surface area contributed by atoms with E-state index in [-0.39, 0.29) is 12.6 Å². The van der Waals surface area contributed by atoms with Crippen molar-refractivity contribution >= 4 is 23.3 Å². The molecule has 0 saturated carbocycles. The Kier molecular flexibility index (Phi) is 6.80. The van der Waals surface area contributed by atoms with Crippen molar-refractivity contribution in [2.24, 2.45) is 0 Å². The van der Waals surface area contributed by atoms with Gasteiger partial charge in [0, 0.05) is 23.8 Å². The second kappa shape index (κ2) is 10.2. The summed E-state index contributed by atoms with van der Waals surface area (Å²) in [6.45, 7) is 0.599. The molecule has 1 fully saturated rings. The molecule has 0 aromatic heterocycles. The highest BCUT2D eigenvalue weighted by Crippen LogP contribution is 2.38. The Labute approximate surface area is 217 Å². The van der Waals surface area contributed by atoms with Gasteiger partial charge < -0.3 is 9.64 Å². The van der Waals surface area contributed by atoms with E-state index in [1.165, 1.54) is 6.07 Å². The number of carbonyl (C=O) groups is 1. The van der Waals surface area contributed by atoms with Crippen LogP contribution in [0.5, 0.6) is 11.5 Å². The lowest BCUT2D eigenvalue weighted by Gasteiger charge is -2.24. The molecule has 1 unspecified atom stereocenters. The van der Waals surface area contributed by atoms with Crippen molar-refractivity contribution in [2.75, 3.05) is 11.4 Å². The number of anilines is 1. The maximum absolute atomic E-state index is 13.6. The van der Waals surface area contributed by atoms with Crippen LogP contribution in [0.25, 0.3) is 0 Å². The van der Waals surface area contributed by atoms with E-state index in [1.807, 2.05) is 30.3 Å². The van der Waals surface area contributed by atoms with Crippen LogP contribution in [0.3, 0.4) is 0 Å². The normalized spacial score (nSPS) is 15.8. The lowest BCUT2D eigenvalue weighted by molar-refractivity contribution is -0.137. The Balaban J connectivity index is 1.45. The van der Waals surface area contributed by atoms with Gasteiger partial charge in [-0.25, -0.2) is 4.79 Å². The lowest BCUT2D eigenvalue weighted by atomic mass is 10.0. The summed E-state index contributed by atoms with van der Waals surface area (Å²) in [5, 5.41) is 0.593. The number of hydrogen-bond acceptors (Lipinski definition) is 2. The predicted octanol–water partition coefficient (Wildman–Crippen LogP) is 8.33. The van der Waals surface area contributed by atoms with Gasteiger partial charge in [-0.05, 0) is 71.8 Å². The van der Waals surface area contributed by atoms with E-state index in [9.17, 15) is 18.0 Å². The first-order valence-electron chi connectivity index (χ1n) is 11.6. The molecule has 0 radical (unpaired) electrons. The zero-order valence-electron chi connectivity index (χ0n) is 19.5. The highest BCUT2D eigenvalue weighted by Gasteiger charge is 2.40. The zero-order valence-corrected chi connectivity index (χ0v) is 20.3. The Morgan fingerprint density at radius 3 is 2.14 bits per heavy atom. The van der Waals surface area contributed by atoms with Crippen LogP contribution in [-0.2, 0) is 12.7 Å². The van der Waals surface area contributed by atoms with Crippen molar-refractivity contribution in [1.29, 1.82) is 0 Å². The number of ether oxygens (including phenoxy) is 1. The molecule has 1 saturated heterocycles. The fourth-order valence-electron chi connectivity index (χ4n) is 4.37. The van der Waals surface area contributed by atoms with Gasteiger partial charge in [-0.15, -0.1) is 0 Å². The molecular formula is C29H22ClF3N2O2. The van der Waals surface area contributed by atoms with Gasteiger partial charge in [0.2, 0.25) is 0 Å². The van der Waals surface area contributed by atoms with Gasteiger partial charge in [0.15, 0.2) is 0 Å². The molecule has 0 bridgehead atoms. The summed E-state index contributed by atoms with van der Waals surface area (Å²) in [5.74, 6) is 1.15. The van der Waals surface area contributed by atoms with Gasteiger partial charge in [0.25, 0.3) is 0 Å². The third-order valence-electron chi connectivity index (χ3n) is 6.16. The first-order chi connectivity index (χ1) is 17.8. The van der Waals surface area contributed by atoms with Crippen LogP contribution < -0.4 is 9.64 Å². The third kappa shape index (κ3) is 5.57. The molecule has 1 heterocycles. The Morgan fingerprint density at radius 2 is 1.49 bits per heavy atom. The predicted molar refractivity (Wildman–Crippen MR) is 137 cm³/mol. The minimum Gasteiger partial charge on any atom is -0.457 e. The molecule has 37 heavy (non-hydrogen) atoms. The van der Waals surface area contributed by atoms with E-state index in [0.717, 1.165) is 17.7 Å². The number of hydrogen-bond donors (Lipinski definition) is 0. The lowest BCUT2D eigenvalue weighted by Crippen LogP contribution is -2.32. The monoisotopic (exact) mass is 522 g/mol. The van der Waals surface area contributed by atoms with Gasteiger partial charge in [0.1, 0.15) is 11.5 Å². The minimum absolute atomic E-state index is 0.248. The number of halogens is 4. The molecule has 1 atom stereocenters. The quantitative estimate of drug-likeness (QED) is 0.255. The second-order valence-electron chi connectivity index (χ2n) is 8.71. The molecule has 5 rings (SSSR count). The van der Waals surface area contributed by atoms with Crippen LogP contribution in [0.2, 0.25) is 5.02 Å². The Bertz CT molecular complexity index is 1380. The van der Waals surface area contributed by atoms with Crippen molar-refractivity contribution in [3.8, 4) is 11.5 Å². The van der Waals surface area contributed by atoms with E-state index in [0.29, 0.717) is 34.3 Å². The average Bonchev–Trinajstić information content (AvgIpc) is 3.22. The summed E-state index contributed by atoms with van der Waals surface area (Å²) in [5.41, 5.74) is 1.17. The highest BCUT2D eigenvalue weighted by molar-refractivity contribution is 6.30. The Morgan fingerprint density at radius 1 is 0.838 bits per heavy atom. The molecule has 0 aliphatic carbocycles. The summed E-state index contributed by atoms with van der Waals surface area (Å²) < 4.78 is 46.2. The van der Waals surface area contributed by atoms with Crippen molar-refractivity contribution < 1.29 is 22.7 Å². The minimum atomic E-state index is -4.48. The van der Waals surface area contributed by atoms with Crippen molar-refractivity contribution in [3.63, 3.8) is 0 Å². The SMILES string of the molecule is O=C1N(Cc2ccccc2)CC(c2cccc(C(F)(F)F)c2)N1c1ccc(Oc2ccc(Cl)cc2)cc1. The Hall–Kier alpha value is -3.97. The van der Waals surface area contributed by atoms with E-state index < -0.39 is 17.8 Å². The molecule has 1 aliphatic heterocycles. The summed E-state index contributed by atoms with van der Waals surface area (Å²) in [6, 6.07) is 27.6. The van der Waals surface area contributed by atoms with Crippen LogP contribution in [0.1, 0.15) is 22.7 Å². The van der Waals surface area contributed by atoms with Crippen LogP contribution in [0.15, 0.2) is 103 Å². The summed E-state index contributed by atoms with van der Waals surface area (Å²) in [7, 11) is 0. The first kappa shape index (κ1) is 24.7. The summed E-state index contributed by atoms with van der Waals surface area (Å²) in [6.07, 6.45) is -4.48. The molecule has 4 aromatic rings. The van der Waals surface area contributed by atoms with Gasteiger partial charge in [-0.2, -0.15) is 13.2 Å². The fourth-order valence-corrected chi connectivity index (χ4v) is 4.50. The van der Waals surface area contributed by atoms with E-state index >= 15 is 0 Å². The summed E-state index contributed by atoms with van der Waals surface area (Å²) >= 11 is 5.92. The molecule has 4 nitrogen and oxygen atoms in total. The molecule has 1 aliphatic rings. The van der Waals surface area contributed by atoms with Crippen molar-refractivity contribution in [2.45, 2.75) is 18.8 Å². The number of alkyl halides is 3. The number of benzene rings is 4. The van der Waals surface area contributed by atoms with E-state index in [4.69, 9.17) is 16.3 Å². The van der Waals surface area contributed by atoms with Gasteiger partial charge in [-0.3, -0.25) is 4.90 Å². The molecular weight excluding hydrogens is 501 g/mol. The van der Waals surface area contributed by atoms with Gasteiger partial charge in [-0.1, -0.05) is 54.1 Å². The van der Waals surface area contributed by atoms with Crippen molar-refractivity contribution in [3.05, 3.63) is 125 Å². The molecule has 0 N–H and O–H groups in total. The first-order valence-corrected chi connectivity index (χ1v) is 12.0. The zero-order chi connectivity index (χ0) is 26.0. The molecule has 2 amide bonds. The number of urea groups is 1. The molecule has 188 valence electrons. The maximum Gasteiger partial charge on any atom is 0.416 e. The largest absolute Gasteiger partial charge is 0.457 e. The van der Waals surface area contributed by atoms with Crippen LogP contribution in [0.4, 0.5) is 23.7 Å². The fraction of sp³-hybridized carbons (Fsp3) is 0.138. The number of rotatable bonds is 6. The number of carbonyl (C=O) groups excluding carboxylic acids is 1. The standard InChI is InChI=1S/C29H22ClF3N2O2/c30-23-9-13-25(14-10-23)37-26-15-11-24(12-16-26)35-27(21-7-4-8-22(17-21)29(31,32)33)19-34(28(35)36)18-20-5-2-1-3-6-20/h1-17,27H,18-19H2. The summed E-state index contributed by atoms with van der Waals surface area (Å²) in [4.78, 5) is 16.8. The van der Waals surface area contributed by atoms with Crippen LogP contribution in [0, 0.1) is 0 Å². The average molecular weight is 523 g/mol. The third-order valence-corrected chi connectivity index (χ3v) is 6.41. The molecule has 0 spiro atoms. The van der Waals surface area contributed by atoms with E-state index in [1.54, 1.807) is 64.4 Å². The highest BCUT2D eigenvalue weighted by atomic mass is 35.5. The molecule has 8 heteroatoms.